The second-order valence-corrected chi connectivity index (χ2v) is 8.20. The number of rotatable bonds is 5. The van der Waals surface area contributed by atoms with Crippen molar-refractivity contribution in [3.8, 4) is 0 Å². The van der Waals surface area contributed by atoms with Crippen LogP contribution in [0.15, 0.2) is 68.6 Å². The van der Waals surface area contributed by atoms with E-state index in [0.717, 1.165) is 20.3 Å². The van der Waals surface area contributed by atoms with Gasteiger partial charge in [-0.25, -0.2) is 4.98 Å². The number of aryl methyl sites for hydroxylation is 1. The minimum atomic E-state index is -0.640. The number of carbonyl (C=O) groups excluding carboxylic acids is 1. The number of halogens is 1. The number of fused-ring (bicyclic) bond motifs is 1. The molecule has 30 heavy (non-hydrogen) atoms. The summed E-state index contributed by atoms with van der Waals surface area (Å²) in [7, 11) is 0. The van der Waals surface area contributed by atoms with Crippen molar-refractivity contribution < 1.29 is 14.1 Å². The molecule has 2 aromatic carbocycles. The normalized spacial score (nSPS) is 11.3. The third-order valence-corrected chi connectivity index (χ3v) is 5.56. The van der Waals surface area contributed by atoms with Crippen LogP contribution in [0.4, 0.5) is 11.0 Å². The highest BCUT2D eigenvalue weighted by Gasteiger charge is 2.21. The van der Waals surface area contributed by atoms with E-state index in [-0.39, 0.29) is 11.7 Å². The number of benzene rings is 2. The minimum Gasteiger partial charge on any atom is -0.400 e. The lowest BCUT2D eigenvalue weighted by Gasteiger charge is -2.13. The van der Waals surface area contributed by atoms with Crippen molar-refractivity contribution in [3.05, 3.63) is 86.1 Å². The van der Waals surface area contributed by atoms with Gasteiger partial charge in [-0.2, -0.15) is 10.1 Å². The molecule has 0 fully saturated rings. The summed E-state index contributed by atoms with van der Waals surface area (Å²) in [6.07, 6.45) is 1.25. The van der Waals surface area contributed by atoms with Gasteiger partial charge >= 0.3 is 5.88 Å². The van der Waals surface area contributed by atoms with Crippen molar-refractivity contribution in [2.45, 2.75) is 6.92 Å². The molecule has 1 amide bonds. The number of nitro groups is 1. The summed E-state index contributed by atoms with van der Waals surface area (Å²) in [5.74, 6) is -0.639. The molecule has 0 aliphatic heterocycles. The third kappa shape index (κ3) is 4.14. The monoisotopic (exact) mass is 484 g/mol. The number of hydrogen-bond acceptors (Lipinski definition) is 7. The number of aromatic nitrogens is 1. The molecule has 2 aromatic heterocycles. The molecule has 0 N–H and O–H groups in total. The van der Waals surface area contributed by atoms with Crippen LogP contribution in [0.3, 0.4) is 0 Å². The highest BCUT2D eigenvalue weighted by molar-refractivity contribution is 9.10. The first-order valence-corrected chi connectivity index (χ1v) is 10.3. The number of nitrogens with zero attached hydrogens (tertiary/aromatic N) is 4. The molecular weight excluding hydrogens is 472 g/mol. The van der Waals surface area contributed by atoms with Gasteiger partial charge in [0, 0.05) is 10.0 Å². The van der Waals surface area contributed by atoms with E-state index in [0.29, 0.717) is 10.7 Å². The van der Waals surface area contributed by atoms with Gasteiger partial charge < -0.3 is 4.42 Å². The first kappa shape index (κ1) is 19.9. The molecule has 150 valence electrons. The Morgan fingerprint density at radius 3 is 2.83 bits per heavy atom. The van der Waals surface area contributed by atoms with Crippen molar-refractivity contribution in [2.24, 2.45) is 5.10 Å². The number of anilines is 1. The van der Waals surface area contributed by atoms with Gasteiger partial charge in [0.25, 0.3) is 5.91 Å². The Morgan fingerprint density at radius 1 is 1.27 bits per heavy atom. The molecule has 0 radical (unpaired) electrons. The zero-order valence-corrected chi connectivity index (χ0v) is 17.9. The SMILES string of the molecule is Cc1cccc(C(=O)N(/N=C/c2ccc([N+](=O)[O-])o2)c2nc3ccc(Br)cc3s2)c1. The molecule has 10 heteroatoms. The Hall–Kier alpha value is -3.37. The standard InChI is InChI=1S/C20H13BrN4O4S/c1-12-3-2-4-13(9-12)19(26)24(22-11-15-6-8-18(29-15)25(27)28)20-23-16-7-5-14(21)10-17(16)30-20/h2-11H,1H3/b22-11+. The van der Waals surface area contributed by atoms with Crippen molar-refractivity contribution >= 4 is 60.6 Å². The summed E-state index contributed by atoms with van der Waals surface area (Å²) >= 11 is 4.73. The van der Waals surface area contributed by atoms with Gasteiger partial charge in [-0.15, -0.1) is 0 Å². The maximum Gasteiger partial charge on any atom is 0.433 e. The molecule has 0 bridgehead atoms. The average Bonchev–Trinajstić information content (AvgIpc) is 3.35. The lowest BCUT2D eigenvalue weighted by atomic mass is 10.1. The van der Waals surface area contributed by atoms with E-state index in [2.05, 4.69) is 26.0 Å². The molecule has 0 aliphatic carbocycles. The zero-order chi connectivity index (χ0) is 21.3. The Kier molecular flexibility index (Phi) is 5.42. The molecule has 8 nitrogen and oxygen atoms in total. The van der Waals surface area contributed by atoms with Gasteiger partial charge in [-0.05, 0) is 43.3 Å². The molecule has 4 aromatic rings. The van der Waals surface area contributed by atoms with E-state index < -0.39 is 10.8 Å². The van der Waals surface area contributed by atoms with Gasteiger partial charge in [0.15, 0.2) is 5.76 Å². The number of amides is 1. The summed E-state index contributed by atoms with van der Waals surface area (Å²) in [5.41, 5.74) is 2.10. The third-order valence-electron chi connectivity index (χ3n) is 4.07. The van der Waals surface area contributed by atoms with Crippen molar-refractivity contribution in [3.63, 3.8) is 0 Å². The number of hydrogen-bond donors (Lipinski definition) is 0. The van der Waals surface area contributed by atoms with Crippen LogP contribution in [0.25, 0.3) is 10.2 Å². The van der Waals surface area contributed by atoms with E-state index in [9.17, 15) is 14.9 Å². The highest BCUT2D eigenvalue weighted by Crippen LogP contribution is 2.32. The fourth-order valence-corrected chi connectivity index (χ4v) is 4.16. The van der Waals surface area contributed by atoms with Crippen LogP contribution in [-0.2, 0) is 0 Å². The predicted octanol–water partition coefficient (Wildman–Crippen LogP) is 5.55. The van der Waals surface area contributed by atoms with Gasteiger partial charge in [-0.1, -0.05) is 45.0 Å². The summed E-state index contributed by atoms with van der Waals surface area (Å²) in [6.45, 7) is 1.89. The lowest BCUT2D eigenvalue weighted by Crippen LogP contribution is -2.25. The van der Waals surface area contributed by atoms with Crippen molar-refractivity contribution in [2.75, 3.05) is 5.01 Å². The zero-order valence-electron chi connectivity index (χ0n) is 15.5. The fourth-order valence-electron chi connectivity index (χ4n) is 2.69. The first-order chi connectivity index (χ1) is 14.4. The molecule has 0 atom stereocenters. The number of hydrazone groups is 1. The van der Waals surface area contributed by atoms with Gasteiger partial charge in [-0.3, -0.25) is 14.9 Å². The first-order valence-electron chi connectivity index (χ1n) is 8.66. The maximum absolute atomic E-state index is 13.2. The Balaban J connectivity index is 1.75. The van der Waals surface area contributed by atoms with Crippen LogP contribution in [-0.4, -0.2) is 22.0 Å². The summed E-state index contributed by atoms with van der Waals surface area (Å²) in [4.78, 5) is 27.9. The second-order valence-electron chi connectivity index (χ2n) is 6.27. The van der Waals surface area contributed by atoms with E-state index in [1.165, 1.54) is 34.7 Å². The largest absolute Gasteiger partial charge is 0.433 e. The topological polar surface area (TPSA) is 102 Å². The predicted molar refractivity (Wildman–Crippen MR) is 118 cm³/mol. The number of thiazole rings is 1. The van der Waals surface area contributed by atoms with Crippen LogP contribution < -0.4 is 5.01 Å². The fraction of sp³-hybridized carbons (Fsp3) is 0.0500. The molecule has 4 rings (SSSR count). The Morgan fingerprint density at radius 2 is 2.10 bits per heavy atom. The number of carbonyl (C=O) groups is 1. The van der Waals surface area contributed by atoms with E-state index in [1.807, 2.05) is 31.2 Å². The Bertz CT molecular complexity index is 1300. The molecule has 0 unspecified atom stereocenters. The van der Waals surface area contributed by atoms with Crippen molar-refractivity contribution in [1.29, 1.82) is 0 Å². The highest BCUT2D eigenvalue weighted by atomic mass is 79.9. The van der Waals surface area contributed by atoms with E-state index >= 15 is 0 Å². The van der Waals surface area contributed by atoms with Crippen LogP contribution in [0.2, 0.25) is 0 Å². The summed E-state index contributed by atoms with van der Waals surface area (Å²) < 4.78 is 6.88. The maximum atomic E-state index is 13.2. The molecule has 0 spiro atoms. The van der Waals surface area contributed by atoms with Crippen LogP contribution in [0.5, 0.6) is 0 Å². The van der Waals surface area contributed by atoms with Crippen molar-refractivity contribution in [1.82, 2.24) is 4.98 Å². The minimum absolute atomic E-state index is 0.146. The second kappa shape index (κ2) is 8.17. The van der Waals surface area contributed by atoms with Gasteiger partial charge in [0.1, 0.15) is 4.92 Å². The van der Waals surface area contributed by atoms with Gasteiger partial charge in [0.2, 0.25) is 5.13 Å². The quantitative estimate of drug-likeness (QED) is 0.210. The molecule has 0 saturated heterocycles. The van der Waals surface area contributed by atoms with Crippen LogP contribution >= 0.6 is 27.3 Å². The Labute approximate surface area is 182 Å². The lowest BCUT2D eigenvalue weighted by molar-refractivity contribution is -0.402. The molecule has 2 heterocycles. The number of furan rings is 1. The van der Waals surface area contributed by atoms with Crippen LogP contribution in [0, 0.1) is 17.0 Å². The molecule has 0 aliphatic rings. The summed E-state index contributed by atoms with van der Waals surface area (Å²) in [6, 6.07) is 15.4. The smallest absolute Gasteiger partial charge is 0.400 e. The van der Waals surface area contributed by atoms with E-state index in [1.54, 1.807) is 18.2 Å². The van der Waals surface area contributed by atoms with E-state index in [4.69, 9.17) is 4.42 Å². The van der Waals surface area contributed by atoms with Gasteiger partial charge in [0.05, 0.1) is 22.5 Å². The average molecular weight is 485 g/mol. The molecular formula is C20H13BrN4O4S. The molecule has 0 saturated carbocycles. The van der Waals surface area contributed by atoms with Crippen LogP contribution in [0.1, 0.15) is 21.7 Å². The summed E-state index contributed by atoms with van der Waals surface area (Å²) in [5, 5.41) is 16.6.